The zero-order valence-electron chi connectivity index (χ0n) is 16.5. The van der Waals surface area contributed by atoms with Crippen LogP contribution >= 0.6 is 0 Å². The monoisotopic (exact) mass is 356 g/mol. The van der Waals surface area contributed by atoms with Gasteiger partial charge in [0.15, 0.2) is 15.6 Å². The first-order valence-electron chi connectivity index (χ1n) is 8.26. The third kappa shape index (κ3) is 4.68. The Bertz CT molecular complexity index is 714. The zero-order chi connectivity index (χ0) is 19.1. The van der Waals surface area contributed by atoms with E-state index in [4.69, 9.17) is 0 Å². The van der Waals surface area contributed by atoms with Crippen LogP contribution in [0.3, 0.4) is 0 Å². The lowest BCUT2D eigenvalue weighted by Crippen LogP contribution is -2.45. The van der Waals surface area contributed by atoms with Gasteiger partial charge in [0.05, 0.1) is 17.9 Å². The van der Waals surface area contributed by atoms with Gasteiger partial charge in [0, 0.05) is 18.2 Å². The van der Waals surface area contributed by atoms with Crippen molar-refractivity contribution in [3.63, 3.8) is 0 Å². The smallest absolute Gasteiger partial charge is 0.163 e. The standard InChI is InChI=1S/C18H32N2O3S/c1-16(2,3)12-24(22,23)18(7,8)15(21)11-13-10-14(17(4,5)6)19-20(13)9/h10H,11-12H2,1-9H3. The largest absolute Gasteiger partial charge is 0.298 e. The summed E-state index contributed by atoms with van der Waals surface area (Å²) in [5, 5.41) is 4.45. The number of aryl methyl sites for hydroxylation is 1. The summed E-state index contributed by atoms with van der Waals surface area (Å²) in [5.41, 5.74) is 1.13. The van der Waals surface area contributed by atoms with Gasteiger partial charge < -0.3 is 0 Å². The Morgan fingerprint density at radius 2 is 1.58 bits per heavy atom. The maximum absolute atomic E-state index is 12.8. The Hall–Kier alpha value is -1.17. The molecular formula is C18H32N2O3S. The first-order valence-corrected chi connectivity index (χ1v) is 9.91. The molecule has 0 atom stereocenters. The number of Topliss-reactive ketones (excluding diaryl/α,β-unsaturated/α-hetero) is 1. The lowest BCUT2D eigenvalue weighted by molar-refractivity contribution is -0.120. The molecule has 6 heteroatoms. The van der Waals surface area contributed by atoms with E-state index in [1.807, 2.05) is 26.8 Å². The van der Waals surface area contributed by atoms with Crippen LogP contribution in [-0.4, -0.2) is 34.5 Å². The molecule has 0 aromatic carbocycles. The molecule has 0 aliphatic rings. The zero-order valence-corrected chi connectivity index (χ0v) is 17.3. The Morgan fingerprint density at radius 3 is 1.96 bits per heavy atom. The van der Waals surface area contributed by atoms with Crippen molar-refractivity contribution >= 4 is 15.6 Å². The fraction of sp³-hybridized carbons (Fsp3) is 0.778. The normalized spacial score (nSPS) is 14.0. The van der Waals surface area contributed by atoms with Crippen molar-refractivity contribution in [1.82, 2.24) is 9.78 Å². The Morgan fingerprint density at radius 1 is 1.08 bits per heavy atom. The first kappa shape index (κ1) is 20.9. The van der Waals surface area contributed by atoms with E-state index < -0.39 is 14.6 Å². The number of ketones is 1. The molecule has 1 heterocycles. The molecule has 0 unspecified atom stereocenters. The second kappa shape index (κ2) is 6.28. The molecule has 0 saturated carbocycles. The predicted octanol–water partition coefficient (Wildman–Crippen LogP) is 3.07. The molecule has 0 fully saturated rings. The van der Waals surface area contributed by atoms with Crippen molar-refractivity contribution in [2.45, 2.75) is 72.0 Å². The van der Waals surface area contributed by atoms with E-state index in [-0.39, 0.29) is 28.8 Å². The van der Waals surface area contributed by atoms with Crippen LogP contribution in [0.1, 0.15) is 66.8 Å². The van der Waals surface area contributed by atoms with Crippen molar-refractivity contribution in [3.8, 4) is 0 Å². The molecule has 24 heavy (non-hydrogen) atoms. The van der Waals surface area contributed by atoms with Crippen molar-refractivity contribution in [1.29, 1.82) is 0 Å². The van der Waals surface area contributed by atoms with Gasteiger partial charge in [-0.3, -0.25) is 9.48 Å². The fourth-order valence-electron chi connectivity index (χ4n) is 2.34. The summed E-state index contributed by atoms with van der Waals surface area (Å²) in [6.07, 6.45) is 0.0654. The molecule has 5 nitrogen and oxygen atoms in total. The van der Waals surface area contributed by atoms with Crippen molar-refractivity contribution in [2.75, 3.05) is 5.75 Å². The van der Waals surface area contributed by atoms with E-state index in [1.165, 1.54) is 13.8 Å². The second-order valence-corrected chi connectivity index (χ2v) is 11.9. The van der Waals surface area contributed by atoms with E-state index in [2.05, 4.69) is 25.9 Å². The van der Waals surface area contributed by atoms with Crippen LogP contribution in [0.2, 0.25) is 0 Å². The minimum Gasteiger partial charge on any atom is -0.298 e. The summed E-state index contributed by atoms with van der Waals surface area (Å²) < 4.78 is 25.7. The Balaban J connectivity index is 3.09. The molecule has 0 spiro atoms. The van der Waals surface area contributed by atoms with Crippen molar-refractivity contribution in [2.24, 2.45) is 12.5 Å². The number of carbonyl (C=O) groups excluding carboxylic acids is 1. The minimum atomic E-state index is -3.55. The number of sulfone groups is 1. The molecule has 0 aliphatic carbocycles. The summed E-state index contributed by atoms with van der Waals surface area (Å²) in [5.74, 6) is -0.313. The molecule has 0 saturated heterocycles. The van der Waals surface area contributed by atoms with Gasteiger partial charge in [-0.25, -0.2) is 8.42 Å². The quantitative estimate of drug-likeness (QED) is 0.813. The van der Waals surface area contributed by atoms with Gasteiger partial charge in [0.25, 0.3) is 0 Å². The third-order valence-electron chi connectivity index (χ3n) is 4.16. The van der Waals surface area contributed by atoms with Gasteiger partial charge in [0.1, 0.15) is 4.75 Å². The molecule has 0 N–H and O–H groups in total. The Labute approximate surface area is 146 Å². The Kier molecular flexibility index (Phi) is 5.46. The van der Waals surface area contributed by atoms with Gasteiger partial charge in [-0.2, -0.15) is 5.10 Å². The number of hydrogen-bond acceptors (Lipinski definition) is 4. The maximum atomic E-state index is 12.8. The summed E-state index contributed by atoms with van der Waals surface area (Å²) in [4.78, 5) is 12.8. The van der Waals surface area contributed by atoms with E-state index in [0.717, 1.165) is 11.4 Å². The summed E-state index contributed by atoms with van der Waals surface area (Å²) in [6, 6.07) is 1.89. The highest BCUT2D eigenvalue weighted by atomic mass is 32.2. The average Bonchev–Trinajstić information content (AvgIpc) is 2.67. The molecule has 1 rings (SSSR count). The lowest BCUT2D eigenvalue weighted by Gasteiger charge is -2.28. The van der Waals surface area contributed by atoms with Crippen LogP contribution < -0.4 is 0 Å². The number of hydrogen-bond donors (Lipinski definition) is 0. The summed E-state index contributed by atoms with van der Waals surface area (Å²) >= 11 is 0. The molecule has 0 amide bonds. The predicted molar refractivity (Wildman–Crippen MR) is 97.9 cm³/mol. The van der Waals surface area contributed by atoms with Gasteiger partial charge in [-0.15, -0.1) is 0 Å². The second-order valence-electron chi connectivity index (χ2n) is 9.32. The number of rotatable bonds is 5. The van der Waals surface area contributed by atoms with Crippen LogP contribution in [0.4, 0.5) is 0 Å². The van der Waals surface area contributed by atoms with Gasteiger partial charge in [-0.05, 0) is 25.3 Å². The van der Waals surface area contributed by atoms with Crippen molar-refractivity contribution in [3.05, 3.63) is 17.5 Å². The molecular weight excluding hydrogens is 324 g/mol. The fourth-order valence-corrected chi connectivity index (χ4v) is 4.26. The number of aromatic nitrogens is 2. The third-order valence-corrected chi connectivity index (χ3v) is 7.19. The molecule has 1 aromatic rings. The van der Waals surface area contributed by atoms with Crippen LogP contribution in [-0.2, 0) is 33.5 Å². The van der Waals surface area contributed by atoms with E-state index in [1.54, 1.807) is 11.7 Å². The van der Waals surface area contributed by atoms with E-state index in [0.29, 0.717) is 0 Å². The van der Waals surface area contributed by atoms with Gasteiger partial charge >= 0.3 is 0 Å². The molecule has 1 aromatic heterocycles. The highest BCUT2D eigenvalue weighted by Crippen LogP contribution is 2.28. The minimum absolute atomic E-state index is 0.0165. The molecule has 0 aliphatic heterocycles. The first-order chi connectivity index (χ1) is 10.5. The van der Waals surface area contributed by atoms with Crippen LogP contribution in [0.5, 0.6) is 0 Å². The van der Waals surface area contributed by atoms with Crippen molar-refractivity contribution < 1.29 is 13.2 Å². The molecule has 0 radical (unpaired) electrons. The van der Waals surface area contributed by atoms with E-state index in [9.17, 15) is 13.2 Å². The number of nitrogens with zero attached hydrogens (tertiary/aromatic N) is 2. The van der Waals surface area contributed by atoms with Crippen LogP contribution in [0, 0.1) is 5.41 Å². The summed E-state index contributed by atoms with van der Waals surface area (Å²) in [6.45, 7) is 14.8. The summed E-state index contributed by atoms with van der Waals surface area (Å²) in [7, 11) is -1.76. The highest BCUT2D eigenvalue weighted by molar-refractivity contribution is 7.93. The van der Waals surface area contributed by atoms with E-state index >= 15 is 0 Å². The molecule has 138 valence electrons. The lowest BCUT2D eigenvalue weighted by atomic mass is 9.92. The maximum Gasteiger partial charge on any atom is 0.163 e. The highest BCUT2D eigenvalue weighted by Gasteiger charge is 2.43. The van der Waals surface area contributed by atoms with Gasteiger partial charge in [-0.1, -0.05) is 41.5 Å². The van der Waals surface area contributed by atoms with Crippen LogP contribution in [0.15, 0.2) is 6.07 Å². The SMILES string of the molecule is Cn1nc(C(C)(C)C)cc1CC(=O)C(C)(C)S(=O)(=O)CC(C)(C)C. The topological polar surface area (TPSA) is 69.0 Å². The van der Waals surface area contributed by atoms with Crippen LogP contribution in [0.25, 0.3) is 0 Å². The van der Waals surface area contributed by atoms with Gasteiger partial charge in [0.2, 0.25) is 0 Å². The number of carbonyl (C=O) groups is 1. The average molecular weight is 357 g/mol. The molecule has 0 bridgehead atoms.